The molecule has 0 unspecified atom stereocenters. The number of nitrogen functional groups attached to an aromatic ring is 1. The molecule has 0 spiro atoms. The van der Waals surface area contributed by atoms with Crippen molar-refractivity contribution < 1.29 is 0 Å². The lowest BCUT2D eigenvalue weighted by atomic mass is 10.1. The van der Waals surface area contributed by atoms with Gasteiger partial charge in [0, 0.05) is 11.1 Å². The molecule has 3 aromatic rings. The molecular weight excluding hydrogens is 300 g/mol. The van der Waals surface area contributed by atoms with E-state index >= 15 is 0 Å². The molecule has 0 aliphatic rings. The standard InChI is InChI=1S/C15H16N4S2/c1-8-4-5-9(2)11(6-8)18-15-19-12(7-20-15)13-10(3)17-14(16)21-13/h4-7H,1-3H3,(H2,16,17)(H,18,19). The molecule has 0 radical (unpaired) electrons. The van der Waals surface area contributed by atoms with Crippen molar-refractivity contribution in [2.45, 2.75) is 20.8 Å². The third-order valence-electron chi connectivity index (χ3n) is 3.18. The first-order chi connectivity index (χ1) is 10.0. The van der Waals surface area contributed by atoms with Crippen molar-refractivity contribution in [3.05, 3.63) is 40.4 Å². The fourth-order valence-electron chi connectivity index (χ4n) is 2.08. The van der Waals surface area contributed by atoms with Crippen molar-refractivity contribution in [2.75, 3.05) is 11.1 Å². The summed E-state index contributed by atoms with van der Waals surface area (Å²) in [4.78, 5) is 9.93. The summed E-state index contributed by atoms with van der Waals surface area (Å²) in [5.74, 6) is 0. The van der Waals surface area contributed by atoms with Gasteiger partial charge in [-0.3, -0.25) is 0 Å². The van der Waals surface area contributed by atoms with Crippen molar-refractivity contribution in [1.82, 2.24) is 9.97 Å². The molecule has 0 amide bonds. The Morgan fingerprint density at radius 1 is 1.14 bits per heavy atom. The number of hydrogen-bond donors (Lipinski definition) is 2. The maximum Gasteiger partial charge on any atom is 0.187 e. The van der Waals surface area contributed by atoms with Gasteiger partial charge in [-0.15, -0.1) is 11.3 Å². The topological polar surface area (TPSA) is 63.8 Å². The first kappa shape index (κ1) is 14.0. The third-order valence-corrected chi connectivity index (χ3v) is 4.95. The predicted octanol–water partition coefficient (Wildman–Crippen LogP) is 4.52. The molecule has 3 N–H and O–H groups in total. The van der Waals surface area contributed by atoms with Crippen LogP contribution in [0.4, 0.5) is 16.0 Å². The van der Waals surface area contributed by atoms with Crippen molar-refractivity contribution in [3.63, 3.8) is 0 Å². The van der Waals surface area contributed by atoms with Crippen LogP contribution in [0.15, 0.2) is 23.6 Å². The average molecular weight is 316 g/mol. The number of nitrogens with one attached hydrogen (secondary N) is 1. The smallest absolute Gasteiger partial charge is 0.187 e. The monoisotopic (exact) mass is 316 g/mol. The van der Waals surface area contributed by atoms with Gasteiger partial charge in [-0.25, -0.2) is 9.97 Å². The fraction of sp³-hybridized carbons (Fsp3) is 0.200. The normalized spacial score (nSPS) is 10.8. The van der Waals surface area contributed by atoms with Crippen LogP contribution in [0.25, 0.3) is 10.6 Å². The highest BCUT2D eigenvalue weighted by Crippen LogP contribution is 2.34. The quantitative estimate of drug-likeness (QED) is 0.746. The second-order valence-corrected chi connectivity index (χ2v) is 6.84. The summed E-state index contributed by atoms with van der Waals surface area (Å²) in [6, 6.07) is 6.35. The molecule has 4 nitrogen and oxygen atoms in total. The van der Waals surface area contributed by atoms with Gasteiger partial charge in [0.2, 0.25) is 0 Å². The van der Waals surface area contributed by atoms with E-state index in [2.05, 4.69) is 47.3 Å². The molecule has 6 heteroatoms. The van der Waals surface area contributed by atoms with Gasteiger partial charge in [-0.1, -0.05) is 23.5 Å². The Hall–Kier alpha value is -1.92. The maximum atomic E-state index is 5.75. The summed E-state index contributed by atoms with van der Waals surface area (Å²) in [5, 5.41) is 6.89. The van der Waals surface area contributed by atoms with Gasteiger partial charge in [0.15, 0.2) is 10.3 Å². The second-order valence-electron chi connectivity index (χ2n) is 4.95. The van der Waals surface area contributed by atoms with Gasteiger partial charge in [-0.05, 0) is 38.0 Å². The minimum atomic E-state index is 0.583. The Morgan fingerprint density at radius 2 is 1.95 bits per heavy atom. The number of thiazole rings is 2. The molecule has 1 aromatic carbocycles. The van der Waals surface area contributed by atoms with E-state index in [1.54, 1.807) is 11.3 Å². The summed E-state index contributed by atoms with van der Waals surface area (Å²) in [6.07, 6.45) is 0. The summed E-state index contributed by atoms with van der Waals surface area (Å²) >= 11 is 3.06. The summed E-state index contributed by atoms with van der Waals surface area (Å²) in [7, 11) is 0. The second kappa shape index (κ2) is 5.46. The van der Waals surface area contributed by atoms with Gasteiger partial charge in [0.25, 0.3) is 0 Å². The SMILES string of the molecule is Cc1ccc(C)c(Nc2nc(-c3sc(N)nc3C)cs2)c1. The summed E-state index contributed by atoms with van der Waals surface area (Å²) < 4.78 is 0. The number of benzene rings is 1. The summed E-state index contributed by atoms with van der Waals surface area (Å²) in [6.45, 7) is 6.13. The lowest BCUT2D eigenvalue weighted by molar-refractivity contribution is 1.26. The van der Waals surface area contributed by atoms with Crippen molar-refractivity contribution in [2.24, 2.45) is 0 Å². The van der Waals surface area contributed by atoms with E-state index < -0.39 is 0 Å². The van der Waals surface area contributed by atoms with Crippen LogP contribution in [-0.4, -0.2) is 9.97 Å². The number of nitrogens with two attached hydrogens (primary N) is 1. The molecule has 2 heterocycles. The maximum absolute atomic E-state index is 5.75. The van der Waals surface area contributed by atoms with Crippen molar-refractivity contribution >= 4 is 38.6 Å². The van der Waals surface area contributed by atoms with Gasteiger partial charge in [0.1, 0.15) is 0 Å². The molecule has 0 aliphatic heterocycles. The Kier molecular flexibility index (Phi) is 3.65. The van der Waals surface area contributed by atoms with Crippen LogP contribution in [-0.2, 0) is 0 Å². The highest BCUT2D eigenvalue weighted by molar-refractivity contribution is 7.19. The molecule has 108 valence electrons. The van der Waals surface area contributed by atoms with Crippen LogP contribution in [0.2, 0.25) is 0 Å². The number of nitrogens with zero attached hydrogens (tertiary/aromatic N) is 2. The van der Waals surface area contributed by atoms with Crippen LogP contribution in [0, 0.1) is 20.8 Å². The molecule has 3 rings (SSSR count). The van der Waals surface area contributed by atoms with Gasteiger partial charge in [-0.2, -0.15) is 0 Å². The van der Waals surface area contributed by atoms with Crippen molar-refractivity contribution in [3.8, 4) is 10.6 Å². The Morgan fingerprint density at radius 3 is 2.67 bits per heavy atom. The number of anilines is 3. The molecular formula is C15H16N4S2. The van der Waals surface area contributed by atoms with Crippen LogP contribution >= 0.6 is 22.7 Å². The molecule has 0 saturated carbocycles. The zero-order valence-electron chi connectivity index (χ0n) is 12.1. The fourth-order valence-corrected chi connectivity index (χ4v) is 3.66. The average Bonchev–Trinajstić information content (AvgIpc) is 3.00. The molecule has 0 bridgehead atoms. The minimum absolute atomic E-state index is 0.583. The zero-order valence-corrected chi connectivity index (χ0v) is 13.7. The van der Waals surface area contributed by atoms with Crippen LogP contribution < -0.4 is 11.1 Å². The molecule has 21 heavy (non-hydrogen) atoms. The van der Waals surface area contributed by atoms with E-state index in [0.29, 0.717) is 5.13 Å². The Labute approximate surface area is 131 Å². The zero-order chi connectivity index (χ0) is 15.0. The number of hydrogen-bond acceptors (Lipinski definition) is 6. The molecule has 0 saturated heterocycles. The highest BCUT2D eigenvalue weighted by Gasteiger charge is 2.12. The first-order valence-electron chi connectivity index (χ1n) is 6.56. The van der Waals surface area contributed by atoms with Crippen LogP contribution in [0.1, 0.15) is 16.8 Å². The largest absolute Gasteiger partial charge is 0.375 e. The molecule has 0 aliphatic carbocycles. The molecule has 2 aromatic heterocycles. The van der Waals surface area contributed by atoms with Crippen LogP contribution in [0.3, 0.4) is 0 Å². The minimum Gasteiger partial charge on any atom is -0.375 e. The highest BCUT2D eigenvalue weighted by atomic mass is 32.1. The third kappa shape index (κ3) is 2.91. The van der Waals surface area contributed by atoms with E-state index in [1.165, 1.54) is 22.5 Å². The number of aryl methyl sites for hydroxylation is 3. The number of rotatable bonds is 3. The lowest BCUT2D eigenvalue weighted by Gasteiger charge is -2.07. The molecule has 0 atom stereocenters. The Balaban J connectivity index is 1.89. The van der Waals surface area contributed by atoms with Gasteiger partial charge in [0.05, 0.1) is 16.3 Å². The van der Waals surface area contributed by atoms with E-state index in [0.717, 1.165) is 27.1 Å². The lowest BCUT2D eigenvalue weighted by Crippen LogP contribution is -1.93. The van der Waals surface area contributed by atoms with Gasteiger partial charge >= 0.3 is 0 Å². The van der Waals surface area contributed by atoms with Crippen LogP contribution in [0.5, 0.6) is 0 Å². The van der Waals surface area contributed by atoms with E-state index in [9.17, 15) is 0 Å². The van der Waals surface area contributed by atoms with E-state index in [4.69, 9.17) is 5.73 Å². The Bertz CT molecular complexity index is 789. The molecule has 0 fully saturated rings. The first-order valence-corrected chi connectivity index (χ1v) is 8.25. The van der Waals surface area contributed by atoms with E-state index in [1.807, 2.05) is 12.3 Å². The van der Waals surface area contributed by atoms with E-state index in [-0.39, 0.29) is 0 Å². The number of aromatic nitrogens is 2. The van der Waals surface area contributed by atoms with Crippen molar-refractivity contribution in [1.29, 1.82) is 0 Å². The predicted molar refractivity (Wildman–Crippen MR) is 91.6 cm³/mol. The van der Waals surface area contributed by atoms with Gasteiger partial charge < -0.3 is 11.1 Å². The summed E-state index contributed by atoms with van der Waals surface area (Å²) in [5.41, 5.74) is 11.1.